The molecule has 0 saturated heterocycles. The van der Waals surface area contributed by atoms with Gasteiger partial charge in [0.25, 0.3) is 0 Å². The molecule has 11 aromatic rings. The molecule has 0 atom stereocenters. The Morgan fingerprint density at radius 3 is 1.73 bits per heavy atom. The van der Waals surface area contributed by atoms with Gasteiger partial charge in [-0.1, -0.05) is 121 Å². The maximum atomic E-state index is 6.52. The fourth-order valence-electron chi connectivity index (χ4n) is 8.89. The Labute approximate surface area is 292 Å². The van der Waals surface area contributed by atoms with Gasteiger partial charge in [0.05, 0.1) is 33.4 Å². The van der Waals surface area contributed by atoms with Crippen molar-refractivity contribution < 1.29 is 4.42 Å². The Bertz CT molecular complexity index is 3260. The third-order valence-electron chi connectivity index (χ3n) is 11.1. The fraction of sp³-hybridized carbons (Fsp3) is 0. The summed E-state index contributed by atoms with van der Waals surface area (Å²) in [5, 5.41) is 7.25. The first-order chi connectivity index (χ1) is 25.3. The number of rotatable bonds is 2. The largest absolute Gasteiger partial charge is 0.454 e. The van der Waals surface area contributed by atoms with Crippen LogP contribution in [0.15, 0.2) is 174 Å². The Morgan fingerprint density at radius 2 is 0.882 bits per heavy atom. The normalized spacial score (nSPS) is 12.3. The molecular weight excluding hydrogens is 621 g/mol. The molecule has 0 saturated carbocycles. The number of nitrogens with zero attached hydrogens (tertiary/aromatic N) is 2. The van der Waals surface area contributed by atoms with Gasteiger partial charge in [-0.05, 0) is 70.8 Å². The zero-order valence-corrected chi connectivity index (χ0v) is 27.5. The molecule has 0 fully saturated rings. The summed E-state index contributed by atoms with van der Waals surface area (Å²) in [7, 11) is 0. The van der Waals surface area contributed by atoms with Crippen LogP contribution in [0.4, 0.5) is 0 Å². The molecule has 1 aliphatic rings. The van der Waals surface area contributed by atoms with E-state index >= 15 is 0 Å². The molecule has 236 valence electrons. The van der Waals surface area contributed by atoms with Crippen molar-refractivity contribution in [2.24, 2.45) is 0 Å². The van der Waals surface area contributed by atoms with Gasteiger partial charge in [0, 0.05) is 43.4 Å². The predicted molar refractivity (Wildman–Crippen MR) is 212 cm³/mol. The molecule has 0 bridgehead atoms. The molecule has 4 heterocycles. The van der Waals surface area contributed by atoms with Crippen molar-refractivity contribution in [3.8, 4) is 44.8 Å². The lowest BCUT2D eigenvalue weighted by molar-refractivity contribution is 0.666. The second-order valence-corrected chi connectivity index (χ2v) is 13.7. The zero-order chi connectivity index (χ0) is 33.2. The van der Waals surface area contributed by atoms with Gasteiger partial charge in [0.15, 0.2) is 5.58 Å². The van der Waals surface area contributed by atoms with Gasteiger partial charge in [-0.15, -0.1) is 0 Å². The second kappa shape index (κ2) is 9.87. The summed E-state index contributed by atoms with van der Waals surface area (Å²) >= 11 is 0. The van der Waals surface area contributed by atoms with Gasteiger partial charge in [-0.25, -0.2) is 0 Å². The van der Waals surface area contributed by atoms with E-state index < -0.39 is 0 Å². The summed E-state index contributed by atoms with van der Waals surface area (Å²) in [4.78, 5) is 0. The Hall–Kier alpha value is -6.84. The number of benzene rings is 8. The lowest BCUT2D eigenvalue weighted by atomic mass is 9.93. The van der Waals surface area contributed by atoms with E-state index in [0.717, 1.165) is 38.7 Å². The molecule has 8 aromatic carbocycles. The van der Waals surface area contributed by atoms with E-state index in [1.54, 1.807) is 0 Å². The number of fused-ring (bicyclic) bond motifs is 14. The second-order valence-electron chi connectivity index (χ2n) is 13.7. The van der Waals surface area contributed by atoms with Crippen molar-refractivity contribution in [3.05, 3.63) is 170 Å². The molecule has 3 aromatic heterocycles. The van der Waals surface area contributed by atoms with Crippen LogP contribution >= 0.6 is 0 Å². The minimum Gasteiger partial charge on any atom is -0.454 e. The lowest BCUT2D eigenvalue weighted by Gasteiger charge is -2.12. The van der Waals surface area contributed by atoms with E-state index in [9.17, 15) is 0 Å². The van der Waals surface area contributed by atoms with Gasteiger partial charge in [0.1, 0.15) is 5.58 Å². The quantitative estimate of drug-likeness (QED) is 0.183. The summed E-state index contributed by atoms with van der Waals surface area (Å²) < 4.78 is 11.4. The van der Waals surface area contributed by atoms with Crippen LogP contribution in [-0.2, 0) is 0 Å². The van der Waals surface area contributed by atoms with Crippen molar-refractivity contribution >= 4 is 65.6 Å². The molecule has 1 aliphatic heterocycles. The highest BCUT2D eigenvalue weighted by Crippen LogP contribution is 2.47. The summed E-state index contributed by atoms with van der Waals surface area (Å²) in [5.41, 5.74) is 16.4. The molecule has 0 radical (unpaired) electrons. The fourth-order valence-corrected chi connectivity index (χ4v) is 8.89. The standard InChI is InChI=1S/C48H28N2O/c1-2-12-32-31(11-1)33-13-3-7-20-42(33)50-44-26-24-30(28-40(44)37-17-9-16-36(32)47(37)50)29-23-25-43-39(27-29)34-14-4-6-19-41(34)49(43)45-21-10-18-38-35-15-5-8-22-46(35)51-48(38)45/h1-28H. The molecule has 0 aliphatic carbocycles. The number of para-hydroxylation sites is 5. The number of hydrogen-bond donors (Lipinski definition) is 0. The monoisotopic (exact) mass is 648 g/mol. The molecule has 0 spiro atoms. The first-order valence-electron chi connectivity index (χ1n) is 17.5. The van der Waals surface area contributed by atoms with Gasteiger partial charge in [0.2, 0.25) is 0 Å². The van der Waals surface area contributed by atoms with Crippen LogP contribution in [0.5, 0.6) is 0 Å². The molecule has 12 rings (SSSR count). The van der Waals surface area contributed by atoms with Crippen molar-refractivity contribution in [1.82, 2.24) is 9.13 Å². The topological polar surface area (TPSA) is 23.0 Å². The minimum atomic E-state index is 0.906. The van der Waals surface area contributed by atoms with Gasteiger partial charge >= 0.3 is 0 Å². The van der Waals surface area contributed by atoms with Crippen LogP contribution < -0.4 is 0 Å². The van der Waals surface area contributed by atoms with Gasteiger partial charge < -0.3 is 13.6 Å². The summed E-state index contributed by atoms with van der Waals surface area (Å²) in [5.74, 6) is 0. The minimum absolute atomic E-state index is 0.906. The Balaban J connectivity index is 1.09. The average Bonchev–Trinajstić information content (AvgIpc) is 3.82. The molecule has 3 heteroatoms. The lowest BCUT2D eigenvalue weighted by Crippen LogP contribution is -1.95. The predicted octanol–water partition coefficient (Wildman–Crippen LogP) is 13.1. The first-order valence-corrected chi connectivity index (χ1v) is 17.5. The van der Waals surface area contributed by atoms with Crippen molar-refractivity contribution in [2.75, 3.05) is 0 Å². The van der Waals surface area contributed by atoms with E-state index in [-0.39, 0.29) is 0 Å². The molecule has 0 unspecified atom stereocenters. The Morgan fingerprint density at radius 1 is 0.333 bits per heavy atom. The number of aromatic nitrogens is 2. The molecule has 3 nitrogen and oxygen atoms in total. The number of hydrogen-bond acceptors (Lipinski definition) is 1. The highest BCUT2D eigenvalue weighted by atomic mass is 16.3. The third kappa shape index (κ3) is 3.57. The SMILES string of the molecule is c1ccc2c(c1)-c1ccccc1-n1c3ccc(-c4ccc5c(c4)c4ccccc4n5-c4cccc5c4oc4ccccc45)cc3c3cccc-2c31. The molecule has 51 heavy (non-hydrogen) atoms. The maximum absolute atomic E-state index is 6.52. The van der Waals surface area contributed by atoms with Crippen molar-refractivity contribution in [2.45, 2.75) is 0 Å². The van der Waals surface area contributed by atoms with E-state index in [1.807, 2.05) is 6.07 Å². The van der Waals surface area contributed by atoms with E-state index in [4.69, 9.17) is 4.42 Å². The van der Waals surface area contributed by atoms with Crippen molar-refractivity contribution in [1.29, 1.82) is 0 Å². The van der Waals surface area contributed by atoms with Crippen LogP contribution in [0.2, 0.25) is 0 Å². The summed E-state index contributed by atoms with van der Waals surface area (Å²) in [6.45, 7) is 0. The van der Waals surface area contributed by atoms with E-state index in [0.29, 0.717) is 0 Å². The number of furan rings is 1. The maximum Gasteiger partial charge on any atom is 0.159 e. The Kier molecular flexibility index (Phi) is 5.23. The van der Waals surface area contributed by atoms with Crippen LogP contribution in [0.25, 0.3) is 110 Å². The average molecular weight is 649 g/mol. The highest BCUT2D eigenvalue weighted by molar-refractivity contribution is 6.18. The van der Waals surface area contributed by atoms with Crippen LogP contribution in [0.1, 0.15) is 0 Å². The van der Waals surface area contributed by atoms with Crippen LogP contribution in [-0.4, -0.2) is 9.13 Å². The van der Waals surface area contributed by atoms with E-state index in [1.165, 1.54) is 71.6 Å². The van der Waals surface area contributed by atoms with Gasteiger partial charge in [-0.3, -0.25) is 0 Å². The van der Waals surface area contributed by atoms with E-state index in [2.05, 4.69) is 173 Å². The van der Waals surface area contributed by atoms with Crippen LogP contribution in [0, 0.1) is 0 Å². The first kappa shape index (κ1) is 27.0. The van der Waals surface area contributed by atoms with Crippen molar-refractivity contribution in [3.63, 3.8) is 0 Å². The summed E-state index contributed by atoms with van der Waals surface area (Å²) in [6, 6.07) is 61.8. The highest BCUT2D eigenvalue weighted by Gasteiger charge is 2.24. The summed E-state index contributed by atoms with van der Waals surface area (Å²) in [6.07, 6.45) is 0. The molecule has 0 N–H and O–H groups in total. The molecular formula is C48H28N2O. The smallest absolute Gasteiger partial charge is 0.159 e. The zero-order valence-electron chi connectivity index (χ0n) is 27.5. The van der Waals surface area contributed by atoms with Gasteiger partial charge in [-0.2, -0.15) is 0 Å². The molecule has 0 amide bonds. The van der Waals surface area contributed by atoms with Crippen LogP contribution in [0.3, 0.4) is 0 Å². The third-order valence-corrected chi connectivity index (χ3v) is 11.1.